The summed E-state index contributed by atoms with van der Waals surface area (Å²) in [7, 11) is 0. The Morgan fingerprint density at radius 1 is 1.42 bits per heavy atom. The summed E-state index contributed by atoms with van der Waals surface area (Å²) in [6.45, 7) is 0. The maximum Gasteiger partial charge on any atom is 0.321 e. The molecule has 1 heterocycles. The van der Waals surface area contributed by atoms with Crippen molar-refractivity contribution < 1.29 is 18.7 Å². The van der Waals surface area contributed by atoms with Gasteiger partial charge in [-0.05, 0) is 18.9 Å². The number of allylic oxidation sites excluding steroid dienone is 1. The van der Waals surface area contributed by atoms with Crippen LogP contribution in [0.1, 0.15) is 12.8 Å². The van der Waals surface area contributed by atoms with E-state index < -0.39 is 23.8 Å². The first-order valence-corrected chi connectivity index (χ1v) is 3.80. The van der Waals surface area contributed by atoms with Gasteiger partial charge in [0.25, 0.3) is 0 Å². The van der Waals surface area contributed by atoms with Crippen LogP contribution in [-0.2, 0) is 14.3 Å². The van der Waals surface area contributed by atoms with Gasteiger partial charge in [-0.3, -0.25) is 9.59 Å². The molecule has 0 bridgehead atoms. The highest BCUT2D eigenvalue weighted by atomic mass is 19.1. The van der Waals surface area contributed by atoms with Gasteiger partial charge < -0.3 is 4.74 Å². The van der Waals surface area contributed by atoms with E-state index in [-0.39, 0.29) is 12.2 Å². The van der Waals surface area contributed by atoms with Crippen molar-refractivity contribution in [1.29, 1.82) is 0 Å². The highest BCUT2D eigenvalue weighted by molar-refractivity contribution is 5.97. The summed E-state index contributed by atoms with van der Waals surface area (Å²) in [5.74, 6) is -2.53. The normalized spacial score (nSPS) is 34.2. The second-order valence-corrected chi connectivity index (χ2v) is 3.02. The van der Waals surface area contributed by atoms with Gasteiger partial charge >= 0.3 is 11.9 Å². The zero-order chi connectivity index (χ0) is 8.72. The molecule has 0 aromatic rings. The Bertz CT molecular complexity index is 282. The first-order valence-electron chi connectivity index (χ1n) is 3.80. The first-order chi connectivity index (χ1) is 5.68. The van der Waals surface area contributed by atoms with Crippen LogP contribution in [0.2, 0.25) is 0 Å². The van der Waals surface area contributed by atoms with E-state index in [1.807, 2.05) is 0 Å². The number of halogens is 1. The maximum atomic E-state index is 12.7. The molecule has 0 radical (unpaired) electrons. The molecule has 3 nitrogen and oxygen atoms in total. The zero-order valence-corrected chi connectivity index (χ0v) is 6.25. The van der Waals surface area contributed by atoms with Crippen LogP contribution in [0.5, 0.6) is 0 Å². The van der Waals surface area contributed by atoms with Crippen LogP contribution in [0.25, 0.3) is 0 Å². The van der Waals surface area contributed by atoms with Crippen LogP contribution in [0, 0.1) is 11.8 Å². The van der Waals surface area contributed by atoms with Crippen molar-refractivity contribution >= 4 is 11.9 Å². The molecule has 2 aliphatic rings. The lowest BCUT2D eigenvalue weighted by Gasteiger charge is -2.14. The second kappa shape index (κ2) is 2.40. The van der Waals surface area contributed by atoms with Crippen LogP contribution in [-0.4, -0.2) is 11.9 Å². The number of rotatable bonds is 0. The van der Waals surface area contributed by atoms with Crippen molar-refractivity contribution in [2.75, 3.05) is 0 Å². The lowest BCUT2D eigenvalue weighted by molar-refractivity contribution is -0.153. The highest BCUT2D eigenvalue weighted by Crippen LogP contribution is 2.35. The van der Waals surface area contributed by atoms with Crippen LogP contribution >= 0.6 is 0 Å². The molecule has 0 spiro atoms. The number of carbonyl (C=O) groups is 2. The summed E-state index contributed by atoms with van der Waals surface area (Å²) < 4.78 is 17.0. The van der Waals surface area contributed by atoms with Crippen molar-refractivity contribution in [1.82, 2.24) is 0 Å². The number of cyclic esters (lactones) is 2. The zero-order valence-electron chi connectivity index (χ0n) is 6.25. The molecule has 4 heteroatoms. The van der Waals surface area contributed by atoms with Gasteiger partial charge in [0.2, 0.25) is 0 Å². The number of esters is 2. The number of hydrogen-bond acceptors (Lipinski definition) is 3. The smallest absolute Gasteiger partial charge is 0.321 e. The van der Waals surface area contributed by atoms with Crippen LogP contribution in [0.4, 0.5) is 4.39 Å². The Kier molecular flexibility index (Phi) is 1.49. The van der Waals surface area contributed by atoms with Crippen molar-refractivity contribution in [3.05, 3.63) is 11.9 Å². The summed E-state index contributed by atoms with van der Waals surface area (Å²) in [5, 5.41) is 0. The van der Waals surface area contributed by atoms with E-state index in [4.69, 9.17) is 0 Å². The molecule has 12 heavy (non-hydrogen) atoms. The number of fused-ring (bicyclic) bond motifs is 1. The third-order valence-corrected chi connectivity index (χ3v) is 2.26. The summed E-state index contributed by atoms with van der Waals surface area (Å²) in [6.07, 6.45) is 1.82. The molecule has 0 aromatic heterocycles. The molecule has 64 valence electrons. The summed E-state index contributed by atoms with van der Waals surface area (Å²) in [5.41, 5.74) is 0. The molecule has 1 saturated heterocycles. The fraction of sp³-hybridized carbons (Fsp3) is 0.500. The molecule has 1 aliphatic carbocycles. The number of hydrogen-bond donors (Lipinski definition) is 0. The first kappa shape index (κ1) is 7.46. The van der Waals surface area contributed by atoms with Crippen LogP contribution in [0.3, 0.4) is 0 Å². The van der Waals surface area contributed by atoms with E-state index in [0.717, 1.165) is 0 Å². The summed E-state index contributed by atoms with van der Waals surface area (Å²) in [6, 6.07) is 0. The average molecular weight is 170 g/mol. The van der Waals surface area contributed by atoms with Gasteiger partial charge in [0, 0.05) is 0 Å². The van der Waals surface area contributed by atoms with Crippen molar-refractivity contribution in [2.24, 2.45) is 11.8 Å². The Balaban J connectivity index is 2.32. The molecule has 0 N–H and O–H groups in total. The minimum atomic E-state index is -0.661. The predicted molar refractivity (Wildman–Crippen MR) is 36.5 cm³/mol. The van der Waals surface area contributed by atoms with E-state index in [0.29, 0.717) is 6.42 Å². The largest absolute Gasteiger partial charge is 0.392 e. The van der Waals surface area contributed by atoms with Crippen molar-refractivity contribution in [3.8, 4) is 0 Å². The minimum absolute atomic E-state index is 0.240. The van der Waals surface area contributed by atoms with Gasteiger partial charge in [-0.15, -0.1) is 0 Å². The molecule has 2 rings (SSSR count). The van der Waals surface area contributed by atoms with Gasteiger partial charge in [-0.1, -0.05) is 0 Å². The minimum Gasteiger partial charge on any atom is -0.392 e. The van der Waals surface area contributed by atoms with Crippen molar-refractivity contribution in [2.45, 2.75) is 12.8 Å². The van der Waals surface area contributed by atoms with Gasteiger partial charge in [0.05, 0.1) is 17.7 Å². The molecule has 2 unspecified atom stereocenters. The van der Waals surface area contributed by atoms with Crippen LogP contribution in [0.15, 0.2) is 11.9 Å². The topological polar surface area (TPSA) is 43.4 Å². The van der Waals surface area contributed by atoms with Gasteiger partial charge in [0.15, 0.2) is 0 Å². The Labute approximate surface area is 68.2 Å². The van der Waals surface area contributed by atoms with Crippen LogP contribution < -0.4 is 0 Å². The molecule has 0 saturated carbocycles. The highest BCUT2D eigenvalue weighted by Gasteiger charge is 2.44. The monoisotopic (exact) mass is 170 g/mol. The summed E-state index contributed by atoms with van der Waals surface area (Å²) in [4.78, 5) is 21.8. The lowest BCUT2D eigenvalue weighted by Crippen LogP contribution is -2.19. The SMILES string of the molecule is O=C1OC(=O)C2CCC(F)=CC12. The van der Waals surface area contributed by atoms with E-state index in [2.05, 4.69) is 4.74 Å². The van der Waals surface area contributed by atoms with Gasteiger partial charge in [-0.2, -0.15) is 0 Å². The van der Waals surface area contributed by atoms with Crippen molar-refractivity contribution in [3.63, 3.8) is 0 Å². The predicted octanol–water partition coefficient (Wildman–Crippen LogP) is 0.949. The standard InChI is InChI=1S/C8H7FO3/c9-4-1-2-5-6(3-4)8(11)12-7(5)10/h3,5-6H,1-2H2. The molecule has 0 aromatic carbocycles. The fourth-order valence-corrected chi connectivity index (χ4v) is 1.61. The molecular weight excluding hydrogens is 163 g/mol. The average Bonchev–Trinajstić information content (AvgIpc) is 2.28. The van der Waals surface area contributed by atoms with E-state index in [9.17, 15) is 14.0 Å². The Hall–Kier alpha value is -1.19. The summed E-state index contributed by atoms with van der Waals surface area (Å²) >= 11 is 0. The fourth-order valence-electron chi connectivity index (χ4n) is 1.61. The number of carbonyl (C=O) groups excluding carboxylic acids is 2. The lowest BCUT2D eigenvalue weighted by atomic mass is 9.85. The third-order valence-electron chi connectivity index (χ3n) is 2.26. The quantitative estimate of drug-likeness (QED) is 0.401. The van der Waals surface area contributed by atoms with E-state index >= 15 is 0 Å². The molecule has 0 amide bonds. The Morgan fingerprint density at radius 2 is 2.17 bits per heavy atom. The molecule has 2 atom stereocenters. The molecule has 1 aliphatic heterocycles. The van der Waals surface area contributed by atoms with E-state index in [1.165, 1.54) is 6.08 Å². The third kappa shape index (κ3) is 0.948. The number of ether oxygens (including phenoxy) is 1. The second-order valence-electron chi connectivity index (χ2n) is 3.02. The van der Waals surface area contributed by atoms with Gasteiger partial charge in [0.1, 0.15) is 0 Å². The molecular formula is C8H7FO3. The maximum absolute atomic E-state index is 12.7. The molecule has 1 fully saturated rings. The van der Waals surface area contributed by atoms with E-state index in [1.54, 1.807) is 0 Å². The Morgan fingerprint density at radius 3 is 2.92 bits per heavy atom. The van der Waals surface area contributed by atoms with Gasteiger partial charge in [-0.25, -0.2) is 4.39 Å².